The molecule has 0 aromatic heterocycles. The summed E-state index contributed by atoms with van der Waals surface area (Å²) in [4.78, 5) is 0. The lowest BCUT2D eigenvalue weighted by Gasteiger charge is -2.06. The third kappa shape index (κ3) is 52.1. The molecule has 0 heterocycles. The molecular weight excluding hydrogens is 156 g/mol. The van der Waals surface area contributed by atoms with Crippen molar-refractivity contribution in [2.45, 2.75) is 26.3 Å². The first kappa shape index (κ1) is 14.4. The van der Waals surface area contributed by atoms with E-state index in [2.05, 4.69) is 5.32 Å². The number of hydrogen-bond donors (Lipinski definition) is 4. The number of nitrogens with one attached hydrogen (secondary N) is 1. The molecule has 4 heteroatoms. The van der Waals surface area contributed by atoms with Gasteiger partial charge < -0.3 is 21.3 Å². The maximum atomic E-state index is 8.15. The van der Waals surface area contributed by atoms with Crippen LogP contribution in [0.25, 0.3) is 0 Å². The average Bonchev–Trinajstić information content (AvgIpc) is 1.85. The second-order valence-electron chi connectivity index (χ2n) is 3.56. The monoisotopic (exact) mass is 178 g/mol. The molecule has 0 aromatic rings. The van der Waals surface area contributed by atoms with Gasteiger partial charge in [0, 0.05) is 18.6 Å². The summed E-state index contributed by atoms with van der Waals surface area (Å²) in [5, 5.41) is 19.1. The summed E-state index contributed by atoms with van der Waals surface area (Å²) in [7, 11) is 0. The minimum Gasteiger partial charge on any atom is -0.395 e. The van der Waals surface area contributed by atoms with Crippen LogP contribution in [0.4, 0.5) is 0 Å². The molecule has 4 nitrogen and oxygen atoms in total. The summed E-state index contributed by atoms with van der Waals surface area (Å²) < 4.78 is 0. The van der Waals surface area contributed by atoms with E-state index in [1.165, 1.54) is 0 Å². The van der Waals surface area contributed by atoms with Gasteiger partial charge >= 0.3 is 0 Å². The first-order valence-electron chi connectivity index (χ1n) is 4.13. The summed E-state index contributed by atoms with van der Waals surface area (Å²) in [6.45, 7) is 7.31. The zero-order chi connectivity index (χ0) is 10.0. The second kappa shape index (κ2) is 8.93. The van der Waals surface area contributed by atoms with Gasteiger partial charge in [-0.05, 0) is 20.8 Å². The van der Waals surface area contributed by atoms with Crippen molar-refractivity contribution in [3.05, 3.63) is 0 Å². The first-order chi connectivity index (χ1) is 5.41. The Morgan fingerprint density at radius 1 is 1.08 bits per heavy atom. The fourth-order valence-corrected chi connectivity index (χ4v) is 0.283. The molecular formula is C8H22N2O2. The zero-order valence-corrected chi connectivity index (χ0v) is 8.30. The van der Waals surface area contributed by atoms with Gasteiger partial charge in [-0.1, -0.05) is 0 Å². The van der Waals surface area contributed by atoms with Crippen molar-refractivity contribution in [3.8, 4) is 0 Å². The van der Waals surface area contributed by atoms with Gasteiger partial charge in [0.15, 0.2) is 0 Å². The van der Waals surface area contributed by atoms with E-state index in [9.17, 15) is 0 Å². The van der Waals surface area contributed by atoms with Crippen molar-refractivity contribution in [3.63, 3.8) is 0 Å². The van der Waals surface area contributed by atoms with Crippen LogP contribution in [0.1, 0.15) is 20.8 Å². The van der Waals surface area contributed by atoms with Gasteiger partial charge in [-0.25, -0.2) is 0 Å². The smallest absolute Gasteiger partial charge is 0.0555 e. The van der Waals surface area contributed by atoms with Crippen LogP contribution in [0.2, 0.25) is 0 Å². The molecule has 0 bridgehead atoms. The number of nitrogens with two attached hydrogens (primary N) is 1. The Morgan fingerprint density at radius 3 is 1.50 bits per heavy atom. The highest BCUT2D eigenvalue weighted by Crippen LogP contribution is 1.88. The summed E-state index contributed by atoms with van der Waals surface area (Å²) >= 11 is 0. The molecule has 0 aromatic carbocycles. The van der Waals surface area contributed by atoms with E-state index in [1.807, 2.05) is 20.8 Å². The molecule has 5 N–H and O–H groups in total. The van der Waals surface area contributed by atoms with Crippen LogP contribution in [0.5, 0.6) is 0 Å². The van der Waals surface area contributed by atoms with E-state index in [0.717, 1.165) is 0 Å². The molecule has 0 spiro atoms. The van der Waals surface area contributed by atoms with Crippen LogP contribution in [-0.2, 0) is 0 Å². The van der Waals surface area contributed by atoms with E-state index < -0.39 is 0 Å². The highest BCUT2D eigenvalue weighted by Gasteiger charge is 1.95. The van der Waals surface area contributed by atoms with E-state index in [0.29, 0.717) is 13.1 Å². The maximum Gasteiger partial charge on any atom is 0.0555 e. The van der Waals surface area contributed by atoms with Crippen molar-refractivity contribution in [1.82, 2.24) is 5.32 Å². The van der Waals surface area contributed by atoms with Crippen LogP contribution in [0.3, 0.4) is 0 Å². The van der Waals surface area contributed by atoms with Crippen LogP contribution >= 0.6 is 0 Å². The third-order valence-electron chi connectivity index (χ3n) is 0.577. The molecule has 0 aliphatic heterocycles. The molecule has 0 saturated heterocycles. The van der Waals surface area contributed by atoms with Gasteiger partial charge in [-0.15, -0.1) is 0 Å². The molecule has 0 unspecified atom stereocenters. The average molecular weight is 178 g/mol. The molecule has 0 rings (SSSR count). The lowest BCUT2D eigenvalue weighted by atomic mass is 10.1. The fourth-order valence-electron chi connectivity index (χ4n) is 0.283. The Labute approximate surface area is 74.8 Å². The molecule has 0 atom stereocenters. The molecule has 12 heavy (non-hydrogen) atoms. The topological polar surface area (TPSA) is 78.5 Å². The van der Waals surface area contributed by atoms with Gasteiger partial charge in [0.2, 0.25) is 0 Å². The highest BCUT2D eigenvalue weighted by atomic mass is 16.3. The van der Waals surface area contributed by atoms with Crippen LogP contribution in [0.15, 0.2) is 0 Å². The number of aliphatic hydroxyl groups is 2. The van der Waals surface area contributed by atoms with Crippen LogP contribution in [-0.4, -0.2) is 42.1 Å². The minimum absolute atomic E-state index is 0. The van der Waals surface area contributed by atoms with Crippen molar-refractivity contribution < 1.29 is 10.2 Å². The minimum atomic E-state index is 0. The van der Waals surface area contributed by atoms with Crippen molar-refractivity contribution in [1.29, 1.82) is 0 Å². The Kier molecular flexibility index (Phi) is 10.7. The molecule has 0 saturated carbocycles. The largest absolute Gasteiger partial charge is 0.395 e. The van der Waals surface area contributed by atoms with Crippen LogP contribution in [0, 0.1) is 0 Å². The van der Waals surface area contributed by atoms with Crippen molar-refractivity contribution in [2.24, 2.45) is 5.73 Å². The third-order valence-corrected chi connectivity index (χ3v) is 0.577. The summed E-state index contributed by atoms with van der Waals surface area (Å²) in [5.74, 6) is 0. The quantitative estimate of drug-likeness (QED) is 0.429. The van der Waals surface area contributed by atoms with E-state index in [-0.39, 0.29) is 18.8 Å². The normalized spacial score (nSPS) is 10.5. The van der Waals surface area contributed by atoms with Crippen molar-refractivity contribution >= 4 is 0 Å². The Hall–Kier alpha value is -0.160. The Morgan fingerprint density at radius 2 is 1.33 bits per heavy atom. The fraction of sp³-hybridized carbons (Fsp3) is 1.00. The molecule has 0 aliphatic carbocycles. The Balaban J connectivity index is 0. The maximum absolute atomic E-state index is 8.15. The second-order valence-corrected chi connectivity index (χ2v) is 3.56. The van der Waals surface area contributed by atoms with Gasteiger partial charge in [-0.2, -0.15) is 0 Å². The van der Waals surface area contributed by atoms with E-state index >= 15 is 0 Å². The van der Waals surface area contributed by atoms with Gasteiger partial charge in [-0.3, -0.25) is 0 Å². The number of aliphatic hydroxyl groups excluding tert-OH is 2. The predicted molar refractivity (Wildman–Crippen MR) is 51.0 cm³/mol. The number of hydrogen-bond acceptors (Lipinski definition) is 4. The van der Waals surface area contributed by atoms with E-state index in [4.69, 9.17) is 15.9 Å². The summed E-state index contributed by atoms with van der Waals surface area (Å²) in [6, 6.07) is 0. The lowest BCUT2D eigenvalue weighted by molar-refractivity contribution is 0.267. The van der Waals surface area contributed by atoms with Crippen LogP contribution < -0.4 is 11.1 Å². The molecule has 0 radical (unpaired) electrons. The predicted octanol–water partition coefficient (Wildman–Crippen LogP) is -0.696. The van der Waals surface area contributed by atoms with Gasteiger partial charge in [0.1, 0.15) is 0 Å². The first-order valence-corrected chi connectivity index (χ1v) is 4.13. The van der Waals surface area contributed by atoms with Gasteiger partial charge in [0.25, 0.3) is 0 Å². The SMILES string of the molecule is CC(C)(C)N.OCCNCCO. The lowest BCUT2D eigenvalue weighted by Crippen LogP contribution is -2.26. The summed E-state index contributed by atoms with van der Waals surface area (Å²) in [5.41, 5.74) is 5.35. The van der Waals surface area contributed by atoms with Gasteiger partial charge in [0.05, 0.1) is 13.2 Å². The van der Waals surface area contributed by atoms with E-state index in [1.54, 1.807) is 0 Å². The summed E-state index contributed by atoms with van der Waals surface area (Å²) in [6.07, 6.45) is 0. The standard InChI is InChI=1S/C4H11NO2.C4H11N/c6-3-1-5-2-4-7;1-4(2,3)5/h5-7H,1-4H2;5H2,1-3H3. The molecule has 0 fully saturated rings. The molecule has 0 aliphatic rings. The number of rotatable bonds is 4. The molecule has 76 valence electrons. The zero-order valence-electron chi connectivity index (χ0n) is 8.30. The van der Waals surface area contributed by atoms with Crippen molar-refractivity contribution in [2.75, 3.05) is 26.3 Å². The molecule has 0 amide bonds. The highest BCUT2D eigenvalue weighted by molar-refractivity contribution is 4.60. The Bertz CT molecular complexity index is 71.6.